The number of carbonyl (C=O) groups is 1. The first-order valence-corrected chi connectivity index (χ1v) is 7.52. The van der Waals surface area contributed by atoms with Crippen LogP contribution in [0.2, 0.25) is 0 Å². The Morgan fingerprint density at radius 3 is 1.96 bits per heavy atom. The molecule has 0 bridgehead atoms. The lowest BCUT2D eigenvalue weighted by atomic mass is 10.3. The molecule has 130 valence electrons. The summed E-state index contributed by atoms with van der Waals surface area (Å²) in [6.07, 6.45) is 0. The van der Waals surface area contributed by atoms with Crippen molar-refractivity contribution in [3.05, 3.63) is 24.3 Å². The Balaban J connectivity index is 1.95. The maximum atomic E-state index is 11.7. The summed E-state index contributed by atoms with van der Waals surface area (Å²) in [6, 6.07) is 7.12. The molecular formula is C16H24FNO5. The van der Waals surface area contributed by atoms with E-state index in [1.165, 1.54) is 6.92 Å². The van der Waals surface area contributed by atoms with Crippen molar-refractivity contribution in [3.8, 4) is 5.75 Å². The van der Waals surface area contributed by atoms with Gasteiger partial charge in [-0.15, -0.1) is 0 Å². The van der Waals surface area contributed by atoms with Crippen LogP contribution in [-0.2, 0) is 19.0 Å². The second-order valence-corrected chi connectivity index (χ2v) is 4.58. The molecule has 1 aromatic rings. The lowest BCUT2D eigenvalue weighted by Gasteiger charge is -2.09. The SMILES string of the molecule is CC(=O)Nc1ccc(OCCOCCOCCOCCF)cc1. The fourth-order valence-corrected chi connectivity index (χ4v) is 1.65. The fraction of sp³-hybridized carbons (Fsp3) is 0.562. The number of alkyl halides is 1. The number of ether oxygens (including phenoxy) is 4. The molecule has 0 aliphatic heterocycles. The van der Waals surface area contributed by atoms with Crippen LogP contribution in [-0.4, -0.2) is 58.8 Å². The van der Waals surface area contributed by atoms with Gasteiger partial charge >= 0.3 is 0 Å². The summed E-state index contributed by atoms with van der Waals surface area (Å²) >= 11 is 0. The summed E-state index contributed by atoms with van der Waals surface area (Å²) in [4.78, 5) is 10.9. The topological polar surface area (TPSA) is 66.0 Å². The molecule has 0 saturated carbocycles. The van der Waals surface area contributed by atoms with Crippen LogP contribution < -0.4 is 10.1 Å². The molecule has 0 radical (unpaired) electrons. The molecule has 0 atom stereocenters. The predicted octanol–water partition coefficient (Wildman–Crippen LogP) is 2.04. The van der Waals surface area contributed by atoms with Crippen molar-refractivity contribution in [3.63, 3.8) is 0 Å². The van der Waals surface area contributed by atoms with Crippen LogP contribution in [0.4, 0.5) is 10.1 Å². The van der Waals surface area contributed by atoms with E-state index in [9.17, 15) is 9.18 Å². The van der Waals surface area contributed by atoms with Crippen LogP contribution in [0.25, 0.3) is 0 Å². The minimum atomic E-state index is -0.473. The van der Waals surface area contributed by atoms with E-state index in [2.05, 4.69) is 5.32 Å². The molecule has 0 spiro atoms. The molecule has 0 heterocycles. The fourth-order valence-electron chi connectivity index (χ4n) is 1.65. The van der Waals surface area contributed by atoms with E-state index in [0.717, 1.165) is 5.69 Å². The van der Waals surface area contributed by atoms with Gasteiger partial charge in [-0.2, -0.15) is 0 Å². The van der Waals surface area contributed by atoms with E-state index in [1.807, 2.05) is 0 Å². The Morgan fingerprint density at radius 2 is 1.43 bits per heavy atom. The van der Waals surface area contributed by atoms with Gasteiger partial charge in [0.15, 0.2) is 0 Å². The molecule has 6 nitrogen and oxygen atoms in total. The number of nitrogens with one attached hydrogen (secondary N) is 1. The van der Waals surface area contributed by atoms with Crippen molar-refractivity contribution in [1.29, 1.82) is 0 Å². The van der Waals surface area contributed by atoms with Crippen molar-refractivity contribution < 1.29 is 28.1 Å². The first-order valence-electron chi connectivity index (χ1n) is 7.52. The van der Waals surface area contributed by atoms with Gasteiger partial charge in [-0.05, 0) is 24.3 Å². The average Bonchev–Trinajstić information content (AvgIpc) is 2.53. The van der Waals surface area contributed by atoms with Crippen molar-refractivity contribution in [2.75, 3.05) is 58.2 Å². The zero-order valence-electron chi connectivity index (χ0n) is 13.4. The number of halogens is 1. The third-order valence-electron chi connectivity index (χ3n) is 2.64. The zero-order valence-corrected chi connectivity index (χ0v) is 13.4. The second-order valence-electron chi connectivity index (χ2n) is 4.58. The maximum Gasteiger partial charge on any atom is 0.221 e. The van der Waals surface area contributed by atoms with E-state index in [1.54, 1.807) is 24.3 Å². The monoisotopic (exact) mass is 329 g/mol. The Kier molecular flexibility index (Phi) is 10.8. The maximum absolute atomic E-state index is 11.7. The number of amides is 1. The lowest BCUT2D eigenvalue weighted by molar-refractivity contribution is -0.114. The largest absolute Gasteiger partial charge is 0.491 e. The molecule has 0 aliphatic rings. The summed E-state index contributed by atoms with van der Waals surface area (Å²) in [6.45, 7) is 3.74. The first kappa shape index (κ1) is 19.3. The highest BCUT2D eigenvalue weighted by Gasteiger charge is 1.97. The van der Waals surface area contributed by atoms with Crippen molar-refractivity contribution in [2.45, 2.75) is 6.92 Å². The molecule has 1 aromatic carbocycles. The number of hydrogen-bond acceptors (Lipinski definition) is 5. The van der Waals surface area contributed by atoms with E-state index in [0.29, 0.717) is 45.4 Å². The van der Waals surface area contributed by atoms with Gasteiger partial charge in [-0.25, -0.2) is 4.39 Å². The smallest absolute Gasteiger partial charge is 0.221 e. The molecule has 1 amide bonds. The Hall–Kier alpha value is -1.70. The zero-order chi connectivity index (χ0) is 16.8. The third kappa shape index (κ3) is 10.6. The number of anilines is 1. The molecule has 7 heteroatoms. The summed E-state index contributed by atoms with van der Waals surface area (Å²) < 4.78 is 32.7. The van der Waals surface area contributed by atoms with Gasteiger partial charge in [0.05, 0.1) is 39.6 Å². The quantitative estimate of drug-likeness (QED) is 0.561. The van der Waals surface area contributed by atoms with E-state index in [4.69, 9.17) is 18.9 Å². The number of hydrogen-bond donors (Lipinski definition) is 1. The Labute approximate surface area is 135 Å². The molecular weight excluding hydrogens is 305 g/mol. The molecule has 0 unspecified atom stereocenters. The van der Waals surface area contributed by atoms with Gasteiger partial charge in [0.2, 0.25) is 5.91 Å². The molecule has 0 aromatic heterocycles. The first-order chi connectivity index (χ1) is 11.2. The van der Waals surface area contributed by atoms with E-state index < -0.39 is 6.67 Å². The minimum absolute atomic E-state index is 0.108. The van der Waals surface area contributed by atoms with Gasteiger partial charge in [0.25, 0.3) is 0 Å². The van der Waals surface area contributed by atoms with E-state index >= 15 is 0 Å². The van der Waals surface area contributed by atoms with Crippen LogP contribution in [0.5, 0.6) is 5.75 Å². The van der Waals surface area contributed by atoms with Crippen molar-refractivity contribution >= 4 is 11.6 Å². The number of rotatable bonds is 13. The van der Waals surface area contributed by atoms with Crippen LogP contribution in [0, 0.1) is 0 Å². The minimum Gasteiger partial charge on any atom is -0.491 e. The third-order valence-corrected chi connectivity index (χ3v) is 2.64. The lowest BCUT2D eigenvalue weighted by Crippen LogP contribution is -2.13. The Morgan fingerprint density at radius 1 is 0.913 bits per heavy atom. The summed E-state index contributed by atoms with van der Waals surface area (Å²) in [5.41, 5.74) is 0.730. The van der Waals surface area contributed by atoms with Crippen LogP contribution in [0.3, 0.4) is 0 Å². The van der Waals surface area contributed by atoms with Gasteiger partial charge in [-0.1, -0.05) is 0 Å². The molecule has 0 aliphatic carbocycles. The number of benzene rings is 1. The highest BCUT2D eigenvalue weighted by atomic mass is 19.1. The standard InChI is InChI=1S/C16H24FNO5/c1-14(19)18-15-2-4-16(5-3-15)23-13-12-22-11-10-21-9-8-20-7-6-17/h2-5H,6-13H2,1H3,(H,18,19). The highest BCUT2D eigenvalue weighted by Crippen LogP contribution is 2.15. The molecule has 1 N–H and O–H groups in total. The van der Waals surface area contributed by atoms with Gasteiger partial charge < -0.3 is 24.3 Å². The summed E-state index contributed by atoms with van der Waals surface area (Å²) in [5, 5.41) is 2.68. The molecule has 1 rings (SSSR count). The van der Waals surface area contributed by atoms with Crippen molar-refractivity contribution in [1.82, 2.24) is 0 Å². The highest BCUT2D eigenvalue weighted by molar-refractivity contribution is 5.88. The summed E-state index contributed by atoms with van der Waals surface area (Å²) in [7, 11) is 0. The average molecular weight is 329 g/mol. The molecule has 0 saturated heterocycles. The van der Waals surface area contributed by atoms with Gasteiger partial charge in [-0.3, -0.25) is 4.79 Å². The number of carbonyl (C=O) groups excluding carboxylic acids is 1. The van der Waals surface area contributed by atoms with Gasteiger partial charge in [0.1, 0.15) is 19.0 Å². The van der Waals surface area contributed by atoms with Crippen LogP contribution in [0.15, 0.2) is 24.3 Å². The van der Waals surface area contributed by atoms with E-state index in [-0.39, 0.29) is 12.5 Å². The predicted molar refractivity (Wildman–Crippen MR) is 84.7 cm³/mol. The molecule has 0 fully saturated rings. The molecule has 23 heavy (non-hydrogen) atoms. The van der Waals surface area contributed by atoms with Crippen LogP contribution in [0.1, 0.15) is 6.92 Å². The second kappa shape index (κ2) is 12.8. The van der Waals surface area contributed by atoms with Gasteiger partial charge in [0, 0.05) is 12.6 Å². The Bertz CT molecular complexity index is 427. The van der Waals surface area contributed by atoms with Crippen LogP contribution >= 0.6 is 0 Å². The normalized spacial score (nSPS) is 10.5. The summed E-state index contributed by atoms with van der Waals surface area (Å²) in [5.74, 6) is 0.604. The van der Waals surface area contributed by atoms with Crippen molar-refractivity contribution in [2.24, 2.45) is 0 Å².